The van der Waals surface area contributed by atoms with Crippen molar-refractivity contribution < 1.29 is 9.84 Å². The fraction of sp³-hybridized carbons (Fsp3) is 0.529. The third-order valence-electron chi connectivity index (χ3n) is 4.25. The first-order valence-electron chi connectivity index (χ1n) is 7.08. The molecule has 19 heavy (non-hydrogen) atoms. The third kappa shape index (κ3) is 3.68. The molecule has 2 rings (SSSR count). The van der Waals surface area contributed by atoms with Gasteiger partial charge in [0.25, 0.3) is 0 Å². The number of ether oxygens (including phenoxy) is 1. The van der Waals surface area contributed by atoms with E-state index in [1.807, 2.05) is 31.2 Å². The highest BCUT2D eigenvalue weighted by Gasteiger charge is 2.42. The fourth-order valence-corrected chi connectivity index (χ4v) is 3.10. The number of rotatable bonds is 6. The zero-order chi connectivity index (χ0) is 13.7. The summed E-state index contributed by atoms with van der Waals surface area (Å²) in [6.07, 6.45) is 4.69. The second kappa shape index (κ2) is 6.36. The zero-order valence-corrected chi connectivity index (χ0v) is 11.7. The van der Waals surface area contributed by atoms with Gasteiger partial charge >= 0.3 is 0 Å². The van der Waals surface area contributed by atoms with Crippen LogP contribution in [0.4, 0.5) is 0 Å². The number of hydrogen-bond donors (Lipinski definition) is 1. The molecule has 0 spiro atoms. The van der Waals surface area contributed by atoms with E-state index in [0.29, 0.717) is 12.5 Å². The van der Waals surface area contributed by atoms with Crippen molar-refractivity contribution in [1.82, 2.24) is 0 Å². The quantitative estimate of drug-likeness (QED) is 0.793. The Labute approximate surface area is 116 Å². The maximum absolute atomic E-state index is 10.4. The van der Waals surface area contributed by atoms with Crippen LogP contribution in [0.1, 0.15) is 31.7 Å². The molecule has 0 radical (unpaired) electrons. The minimum absolute atomic E-state index is 0.278. The Morgan fingerprint density at radius 1 is 1.42 bits per heavy atom. The van der Waals surface area contributed by atoms with Gasteiger partial charge in [0.15, 0.2) is 0 Å². The van der Waals surface area contributed by atoms with E-state index in [1.165, 1.54) is 5.56 Å². The van der Waals surface area contributed by atoms with Crippen LogP contribution in [-0.2, 0) is 11.3 Å². The monoisotopic (exact) mass is 260 g/mol. The Bertz CT molecular complexity index is 397. The first kappa shape index (κ1) is 14.3. The summed E-state index contributed by atoms with van der Waals surface area (Å²) in [5.41, 5.74) is 0.641. The summed E-state index contributed by atoms with van der Waals surface area (Å²) in [4.78, 5) is 0. The van der Waals surface area contributed by atoms with Crippen molar-refractivity contribution in [2.45, 2.75) is 38.4 Å². The van der Waals surface area contributed by atoms with Crippen molar-refractivity contribution in [3.63, 3.8) is 0 Å². The van der Waals surface area contributed by atoms with Gasteiger partial charge < -0.3 is 9.84 Å². The van der Waals surface area contributed by atoms with Crippen LogP contribution < -0.4 is 0 Å². The van der Waals surface area contributed by atoms with Crippen molar-refractivity contribution in [3.05, 3.63) is 48.6 Å². The maximum atomic E-state index is 10.4. The van der Waals surface area contributed by atoms with E-state index in [2.05, 4.69) is 18.7 Å². The summed E-state index contributed by atoms with van der Waals surface area (Å²) >= 11 is 0. The second-order valence-corrected chi connectivity index (χ2v) is 5.79. The maximum Gasteiger partial charge on any atom is 0.0717 e. The summed E-state index contributed by atoms with van der Waals surface area (Å²) in [5, 5.41) is 10.4. The van der Waals surface area contributed by atoms with Crippen LogP contribution in [0.5, 0.6) is 0 Å². The third-order valence-corrected chi connectivity index (χ3v) is 4.25. The van der Waals surface area contributed by atoms with Crippen LogP contribution in [0.25, 0.3) is 0 Å². The van der Waals surface area contributed by atoms with Crippen LogP contribution in [0, 0.1) is 11.8 Å². The molecular weight excluding hydrogens is 236 g/mol. The molecule has 3 unspecified atom stereocenters. The standard InChI is InChI=1S/C17H24O2/c1-3-7-16-15(10-11-17(16,2)18)13-19-12-14-8-5-4-6-9-14/h3-6,8-9,15-16,18H,1,7,10-13H2,2H3. The Balaban J connectivity index is 1.84. The van der Waals surface area contributed by atoms with E-state index < -0.39 is 5.60 Å². The molecule has 1 aromatic carbocycles. The normalized spacial score (nSPS) is 30.4. The lowest BCUT2D eigenvalue weighted by Gasteiger charge is -2.28. The van der Waals surface area contributed by atoms with E-state index in [9.17, 15) is 5.11 Å². The Morgan fingerprint density at radius 3 is 2.84 bits per heavy atom. The summed E-state index contributed by atoms with van der Waals surface area (Å²) in [6.45, 7) is 7.12. The number of hydrogen-bond acceptors (Lipinski definition) is 2. The minimum Gasteiger partial charge on any atom is -0.390 e. The molecule has 0 saturated heterocycles. The second-order valence-electron chi connectivity index (χ2n) is 5.79. The predicted molar refractivity (Wildman–Crippen MR) is 77.7 cm³/mol. The van der Waals surface area contributed by atoms with E-state index in [-0.39, 0.29) is 5.92 Å². The minimum atomic E-state index is -0.561. The summed E-state index contributed by atoms with van der Waals surface area (Å²) in [5.74, 6) is 0.720. The van der Waals surface area contributed by atoms with Crippen LogP contribution >= 0.6 is 0 Å². The smallest absolute Gasteiger partial charge is 0.0717 e. The lowest BCUT2D eigenvalue weighted by atomic mass is 9.85. The van der Waals surface area contributed by atoms with Crippen molar-refractivity contribution in [1.29, 1.82) is 0 Å². The molecule has 1 aromatic rings. The highest BCUT2D eigenvalue weighted by Crippen LogP contribution is 2.42. The lowest BCUT2D eigenvalue weighted by Crippen LogP contribution is -2.32. The average Bonchev–Trinajstić information content (AvgIpc) is 2.68. The van der Waals surface area contributed by atoms with Crippen LogP contribution in [0.2, 0.25) is 0 Å². The van der Waals surface area contributed by atoms with Gasteiger partial charge in [-0.05, 0) is 43.6 Å². The molecule has 1 aliphatic carbocycles. The van der Waals surface area contributed by atoms with Crippen molar-refractivity contribution >= 4 is 0 Å². The van der Waals surface area contributed by atoms with Gasteiger partial charge in [0.05, 0.1) is 18.8 Å². The molecule has 1 saturated carbocycles. The van der Waals surface area contributed by atoms with Gasteiger partial charge in [0, 0.05) is 0 Å². The molecule has 3 atom stereocenters. The molecule has 2 heteroatoms. The van der Waals surface area contributed by atoms with E-state index in [4.69, 9.17) is 4.74 Å². The molecule has 1 fully saturated rings. The molecule has 104 valence electrons. The predicted octanol–water partition coefficient (Wildman–Crippen LogP) is 3.56. The molecule has 0 amide bonds. The van der Waals surface area contributed by atoms with E-state index >= 15 is 0 Å². The first-order valence-corrected chi connectivity index (χ1v) is 7.08. The van der Waals surface area contributed by atoms with Gasteiger partial charge in [-0.15, -0.1) is 6.58 Å². The first-order chi connectivity index (χ1) is 9.13. The molecule has 0 aromatic heterocycles. The number of benzene rings is 1. The lowest BCUT2D eigenvalue weighted by molar-refractivity contribution is -0.00625. The molecule has 1 aliphatic rings. The van der Waals surface area contributed by atoms with Gasteiger partial charge in [0.2, 0.25) is 0 Å². The number of allylic oxidation sites excluding steroid dienone is 1. The Kier molecular flexibility index (Phi) is 4.78. The van der Waals surface area contributed by atoms with Gasteiger partial charge in [-0.1, -0.05) is 36.4 Å². The molecule has 2 nitrogen and oxygen atoms in total. The molecule has 0 heterocycles. The Morgan fingerprint density at radius 2 is 2.16 bits per heavy atom. The molecule has 0 bridgehead atoms. The Hall–Kier alpha value is -1.12. The van der Waals surface area contributed by atoms with Gasteiger partial charge in [-0.25, -0.2) is 0 Å². The highest BCUT2D eigenvalue weighted by molar-refractivity contribution is 5.13. The van der Waals surface area contributed by atoms with Crippen molar-refractivity contribution in [2.24, 2.45) is 11.8 Å². The van der Waals surface area contributed by atoms with E-state index in [1.54, 1.807) is 0 Å². The topological polar surface area (TPSA) is 29.5 Å². The van der Waals surface area contributed by atoms with Gasteiger partial charge in [-0.2, -0.15) is 0 Å². The number of aliphatic hydroxyl groups is 1. The molecule has 1 N–H and O–H groups in total. The van der Waals surface area contributed by atoms with Crippen LogP contribution in [-0.4, -0.2) is 17.3 Å². The summed E-state index contributed by atoms with van der Waals surface area (Å²) in [6, 6.07) is 10.2. The van der Waals surface area contributed by atoms with Crippen molar-refractivity contribution in [3.8, 4) is 0 Å². The van der Waals surface area contributed by atoms with E-state index in [0.717, 1.165) is 25.9 Å². The zero-order valence-electron chi connectivity index (χ0n) is 11.7. The fourth-order valence-electron chi connectivity index (χ4n) is 3.10. The SMILES string of the molecule is C=CCC1C(COCc2ccccc2)CCC1(C)O. The largest absolute Gasteiger partial charge is 0.390 e. The van der Waals surface area contributed by atoms with Gasteiger partial charge in [0.1, 0.15) is 0 Å². The van der Waals surface area contributed by atoms with Crippen LogP contribution in [0.15, 0.2) is 43.0 Å². The summed E-state index contributed by atoms with van der Waals surface area (Å²) < 4.78 is 5.83. The summed E-state index contributed by atoms with van der Waals surface area (Å²) in [7, 11) is 0. The average molecular weight is 260 g/mol. The molecule has 0 aliphatic heterocycles. The van der Waals surface area contributed by atoms with Crippen molar-refractivity contribution in [2.75, 3.05) is 6.61 Å². The van der Waals surface area contributed by atoms with Crippen LogP contribution in [0.3, 0.4) is 0 Å². The highest BCUT2D eigenvalue weighted by atomic mass is 16.5. The van der Waals surface area contributed by atoms with Gasteiger partial charge in [-0.3, -0.25) is 0 Å². The molecular formula is C17H24O2.